The van der Waals surface area contributed by atoms with Crippen molar-refractivity contribution in [2.75, 3.05) is 30.3 Å². The van der Waals surface area contributed by atoms with E-state index in [0.717, 1.165) is 0 Å². The van der Waals surface area contributed by atoms with Gasteiger partial charge in [-0.3, -0.25) is 4.79 Å². The van der Waals surface area contributed by atoms with E-state index in [1.54, 1.807) is 11.0 Å². The topological polar surface area (TPSA) is 148 Å². The van der Waals surface area contributed by atoms with E-state index in [9.17, 15) is 22.7 Å². The van der Waals surface area contributed by atoms with E-state index in [-0.39, 0.29) is 23.1 Å². The lowest BCUT2D eigenvalue weighted by Gasteiger charge is -2.32. The molecule has 1 aromatic carbocycles. The highest BCUT2D eigenvalue weighted by Crippen LogP contribution is 2.30. The van der Waals surface area contributed by atoms with E-state index in [0.29, 0.717) is 49.5 Å². The zero-order valence-corrected chi connectivity index (χ0v) is 21.9. The predicted octanol–water partition coefficient (Wildman–Crippen LogP) is 2.98. The first-order valence-corrected chi connectivity index (χ1v) is 13.7. The van der Waals surface area contributed by atoms with Crippen molar-refractivity contribution in [1.29, 1.82) is 0 Å². The molecule has 1 aliphatic heterocycles. The summed E-state index contributed by atoms with van der Waals surface area (Å²) in [6.07, 6.45) is 0.419. The fourth-order valence-electron chi connectivity index (χ4n) is 3.97. The third kappa shape index (κ3) is 6.56. The standard InChI is InChI=1S/C26H30FN5O5S/c1-16(2)15-37-20-13-17(12-18(27)14-20)22-7-6-21(25(29-22)32-10-8-19(33)9-11-32)26(34)31-38(35,36)24-5-3-4-23(28)30-24/h3-7,12-14,16,19,33H,8-11,15H2,1-2H3,(H2,28,30)(H,31,34). The summed E-state index contributed by atoms with van der Waals surface area (Å²) >= 11 is 0. The number of hydrogen-bond acceptors (Lipinski definition) is 9. The molecular formula is C26H30FN5O5S. The Balaban J connectivity index is 1.70. The van der Waals surface area contributed by atoms with Crippen molar-refractivity contribution in [3.8, 4) is 17.0 Å². The molecule has 0 aliphatic carbocycles. The Hall–Kier alpha value is -3.77. The fraction of sp³-hybridized carbons (Fsp3) is 0.346. The van der Waals surface area contributed by atoms with Crippen LogP contribution in [0.3, 0.4) is 0 Å². The molecule has 4 N–H and O–H groups in total. The largest absolute Gasteiger partial charge is 0.493 e. The van der Waals surface area contributed by atoms with E-state index in [1.165, 1.54) is 42.5 Å². The fourth-order valence-corrected chi connectivity index (χ4v) is 4.91. The van der Waals surface area contributed by atoms with Crippen molar-refractivity contribution >= 4 is 27.6 Å². The minimum absolute atomic E-state index is 0.00491. The first kappa shape index (κ1) is 27.3. The number of piperidine rings is 1. The van der Waals surface area contributed by atoms with Gasteiger partial charge in [-0.15, -0.1) is 0 Å². The van der Waals surface area contributed by atoms with Crippen LogP contribution in [0.2, 0.25) is 0 Å². The number of nitrogens with zero attached hydrogens (tertiary/aromatic N) is 3. The van der Waals surface area contributed by atoms with Gasteiger partial charge in [-0.1, -0.05) is 19.9 Å². The number of aliphatic hydroxyl groups is 1. The first-order valence-electron chi connectivity index (χ1n) is 12.2. The molecule has 1 amide bonds. The quantitative estimate of drug-likeness (QED) is 0.390. The highest BCUT2D eigenvalue weighted by atomic mass is 32.2. The van der Waals surface area contributed by atoms with Crippen molar-refractivity contribution in [3.63, 3.8) is 0 Å². The van der Waals surface area contributed by atoms with Crippen LogP contribution in [-0.2, 0) is 10.0 Å². The third-order valence-electron chi connectivity index (χ3n) is 5.88. The second kappa shape index (κ2) is 11.3. The first-order chi connectivity index (χ1) is 18.0. The number of carbonyl (C=O) groups excluding carboxylic acids is 1. The number of ether oxygens (including phenoxy) is 1. The number of nitrogen functional groups attached to an aromatic ring is 1. The molecule has 0 spiro atoms. The van der Waals surface area contributed by atoms with E-state index in [4.69, 9.17) is 10.5 Å². The number of anilines is 2. The Morgan fingerprint density at radius 3 is 2.61 bits per heavy atom. The van der Waals surface area contributed by atoms with Gasteiger partial charge in [0.2, 0.25) is 0 Å². The molecule has 10 nitrogen and oxygen atoms in total. The zero-order valence-electron chi connectivity index (χ0n) is 21.1. The Labute approximate surface area is 220 Å². The number of halogens is 1. The van der Waals surface area contributed by atoms with Crippen LogP contribution in [0, 0.1) is 11.7 Å². The van der Waals surface area contributed by atoms with Crippen molar-refractivity contribution in [1.82, 2.24) is 14.7 Å². The Morgan fingerprint density at radius 1 is 1.18 bits per heavy atom. The van der Waals surface area contributed by atoms with Crippen LogP contribution in [-0.4, -0.2) is 55.2 Å². The molecule has 2 aromatic heterocycles. The number of sulfonamides is 1. The average Bonchev–Trinajstić information content (AvgIpc) is 2.87. The molecule has 0 bridgehead atoms. The second-order valence-corrected chi connectivity index (χ2v) is 11.1. The number of aromatic nitrogens is 2. The molecule has 202 valence electrons. The maximum atomic E-state index is 14.4. The van der Waals surface area contributed by atoms with Crippen molar-refractivity contribution in [2.45, 2.75) is 37.8 Å². The van der Waals surface area contributed by atoms with Crippen LogP contribution in [0.25, 0.3) is 11.3 Å². The van der Waals surface area contributed by atoms with Gasteiger partial charge in [-0.2, -0.15) is 8.42 Å². The number of nitrogens with two attached hydrogens (primary N) is 1. The molecule has 3 aromatic rings. The SMILES string of the molecule is CC(C)COc1cc(F)cc(-c2ccc(C(=O)NS(=O)(=O)c3cccc(N)n3)c(N3CCC(O)CC3)n2)c1. The normalized spacial score (nSPS) is 14.5. The molecule has 1 saturated heterocycles. The summed E-state index contributed by atoms with van der Waals surface area (Å²) < 4.78 is 47.7. The maximum Gasteiger partial charge on any atom is 0.281 e. The summed E-state index contributed by atoms with van der Waals surface area (Å²) in [4.78, 5) is 23.4. The molecule has 1 fully saturated rings. The van der Waals surface area contributed by atoms with E-state index >= 15 is 0 Å². The minimum atomic E-state index is -4.32. The van der Waals surface area contributed by atoms with Crippen LogP contribution in [0.5, 0.6) is 5.75 Å². The zero-order chi connectivity index (χ0) is 27.4. The van der Waals surface area contributed by atoms with Gasteiger partial charge in [0.25, 0.3) is 15.9 Å². The van der Waals surface area contributed by atoms with Crippen molar-refractivity contribution in [2.24, 2.45) is 5.92 Å². The van der Waals surface area contributed by atoms with Gasteiger partial charge >= 0.3 is 0 Å². The monoisotopic (exact) mass is 543 g/mol. The van der Waals surface area contributed by atoms with E-state index in [1.807, 2.05) is 18.6 Å². The van der Waals surface area contributed by atoms with Gasteiger partial charge in [0.1, 0.15) is 23.2 Å². The Bertz CT molecular complexity index is 1430. The number of hydrogen-bond donors (Lipinski definition) is 3. The highest BCUT2D eigenvalue weighted by Gasteiger charge is 2.27. The van der Waals surface area contributed by atoms with E-state index < -0.39 is 32.9 Å². The lowest BCUT2D eigenvalue weighted by Crippen LogP contribution is -2.39. The number of pyridine rings is 2. The third-order valence-corrected chi connectivity index (χ3v) is 7.11. The maximum absolute atomic E-state index is 14.4. The molecular weight excluding hydrogens is 513 g/mol. The number of amides is 1. The van der Waals surface area contributed by atoms with Gasteiger partial charge in [0, 0.05) is 24.7 Å². The van der Waals surface area contributed by atoms with Crippen molar-refractivity contribution in [3.05, 3.63) is 59.9 Å². The van der Waals surface area contributed by atoms with Crippen LogP contribution in [0.1, 0.15) is 37.0 Å². The van der Waals surface area contributed by atoms with Crippen LogP contribution >= 0.6 is 0 Å². The van der Waals surface area contributed by atoms with E-state index in [2.05, 4.69) is 9.97 Å². The summed E-state index contributed by atoms with van der Waals surface area (Å²) in [7, 11) is -4.32. The van der Waals surface area contributed by atoms with Gasteiger partial charge in [0.15, 0.2) is 5.03 Å². The molecule has 0 saturated carbocycles. The summed E-state index contributed by atoms with van der Waals surface area (Å²) in [6, 6.07) is 11.3. The average molecular weight is 544 g/mol. The molecule has 12 heteroatoms. The second-order valence-electron chi connectivity index (χ2n) is 9.50. The van der Waals surface area contributed by atoms with Crippen LogP contribution in [0.15, 0.2) is 53.6 Å². The minimum Gasteiger partial charge on any atom is -0.493 e. The molecule has 4 rings (SSSR count). The molecule has 1 aliphatic rings. The summed E-state index contributed by atoms with van der Waals surface area (Å²) in [5.74, 6) is -0.608. The van der Waals surface area contributed by atoms with Crippen molar-refractivity contribution < 1.29 is 27.4 Å². The predicted molar refractivity (Wildman–Crippen MR) is 141 cm³/mol. The molecule has 0 unspecified atom stereocenters. The highest BCUT2D eigenvalue weighted by molar-refractivity contribution is 7.90. The molecule has 0 radical (unpaired) electrons. The lowest BCUT2D eigenvalue weighted by molar-refractivity contribution is 0.0981. The molecule has 3 heterocycles. The van der Waals surface area contributed by atoms with Gasteiger partial charge < -0.3 is 20.5 Å². The summed E-state index contributed by atoms with van der Waals surface area (Å²) in [6.45, 7) is 5.17. The molecule has 0 atom stereocenters. The number of carbonyl (C=O) groups is 1. The molecule has 38 heavy (non-hydrogen) atoms. The van der Waals surface area contributed by atoms with Crippen LogP contribution in [0.4, 0.5) is 16.0 Å². The number of rotatable bonds is 8. The smallest absolute Gasteiger partial charge is 0.281 e. The number of aliphatic hydroxyl groups excluding tert-OH is 1. The summed E-state index contributed by atoms with van der Waals surface area (Å²) in [5.41, 5.74) is 6.41. The van der Waals surface area contributed by atoms with Gasteiger partial charge in [0.05, 0.1) is 24.0 Å². The summed E-state index contributed by atoms with van der Waals surface area (Å²) in [5, 5.41) is 9.56. The number of benzene rings is 1. The number of nitrogens with one attached hydrogen (secondary N) is 1. The lowest BCUT2D eigenvalue weighted by atomic mass is 10.1. The van der Waals surface area contributed by atoms with Crippen LogP contribution < -0.4 is 20.1 Å². The Kier molecular flexibility index (Phi) is 8.12. The Morgan fingerprint density at radius 2 is 1.92 bits per heavy atom. The van der Waals surface area contributed by atoms with Gasteiger partial charge in [-0.05, 0) is 55.2 Å². The van der Waals surface area contributed by atoms with Gasteiger partial charge in [-0.25, -0.2) is 19.1 Å².